The largest absolute Gasteiger partial charge is 0.433 e. The molecule has 0 spiro atoms. The van der Waals surface area contributed by atoms with E-state index < -0.39 is 23.7 Å². The number of hydrogen-bond acceptors (Lipinski definition) is 4. The van der Waals surface area contributed by atoms with Crippen molar-refractivity contribution in [2.75, 3.05) is 25.0 Å². The van der Waals surface area contributed by atoms with E-state index in [1.165, 1.54) is 12.1 Å². The minimum atomic E-state index is -4.55. The summed E-state index contributed by atoms with van der Waals surface area (Å²) in [6.45, 7) is 1.67. The summed E-state index contributed by atoms with van der Waals surface area (Å²) in [5.41, 5.74) is -0.702. The van der Waals surface area contributed by atoms with E-state index in [1.807, 2.05) is 0 Å². The van der Waals surface area contributed by atoms with Crippen LogP contribution in [-0.4, -0.2) is 34.5 Å². The van der Waals surface area contributed by atoms with Gasteiger partial charge in [0.1, 0.15) is 11.5 Å². The van der Waals surface area contributed by atoms with Crippen LogP contribution < -0.4 is 5.32 Å². The van der Waals surface area contributed by atoms with Crippen LogP contribution in [0.3, 0.4) is 0 Å². The molecule has 3 rings (SSSR count). The van der Waals surface area contributed by atoms with Gasteiger partial charge in [0.15, 0.2) is 0 Å². The molecule has 4 nitrogen and oxygen atoms in total. The lowest BCUT2D eigenvalue weighted by Gasteiger charge is -2.29. The predicted octanol–water partition coefficient (Wildman–Crippen LogP) is 4.54. The highest BCUT2D eigenvalue weighted by Crippen LogP contribution is 2.33. The zero-order valence-corrected chi connectivity index (χ0v) is 14.5. The standard InChI is InChI=1S/C17H17ClF4N4/c18-11-4-3-5-12(19)15(11)13(26-8-1-2-9-26)10-24-16-23-7-6-14(25-16)17(20,21)22/h3-7,13H,1-2,8-10H2,(H,23,24,25). The molecular formula is C17H17ClF4N4. The van der Waals surface area contributed by atoms with E-state index in [0.717, 1.165) is 38.2 Å². The summed E-state index contributed by atoms with van der Waals surface area (Å²) in [4.78, 5) is 9.37. The van der Waals surface area contributed by atoms with Crippen LogP contribution >= 0.6 is 11.6 Å². The summed E-state index contributed by atoms with van der Waals surface area (Å²) in [7, 11) is 0. The van der Waals surface area contributed by atoms with Crippen molar-refractivity contribution < 1.29 is 17.6 Å². The molecule has 0 radical (unpaired) electrons. The molecule has 1 saturated heterocycles. The first-order valence-electron chi connectivity index (χ1n) is 8.18. The Morgan fingerprint density at radius 1 is 1.19 bits per heavy atom. The van der Waals surface area contributed by atoms with Crippen molar-refractivity contribution in [3.05, 3.63) is 52.6 Å². The molecule has 1 aromatic carbocycles. The highest BCUT2D eigenvalue weighted by Gasteiger charge is 2.33. The number of hydrogen-bond donors (Lipinski definition) is 1. The minimum Gasteiger partial charge on any atom is -0.352 e. The normalized spacial score (nSPS) is 16.7. The zero-order chi connectivity index (χ0) is 18.7. The van der Waals surface area contributed by atoms with Crippen LogP contribution in [0.5, 0.6) is 0 Å². The molecular weight excluding hydrogens is 372 g/mol. The topological polar surface area (TPSA) is 41.1 Å². The number of aromatic nitrogens is 2. The SMILES string of the molecule is Fc1cccc(Cl)c1C(CNc1nccc(C(F)(F)F)n1)N1CCCC1. The van der Waals surface area contributed by atoms with Crippen molar-refractivity contribution >= 4 is 17.5 Å². The van der Waals surface area contributed by atoms with Gasteiger partial charge in [0, 0.05) is 23.3 Å². The second-order valence-electron chi connectivity index (χ2n) is 6.04. The molecule has 1 aromatic heterocycles. The quantitative estimate of drug-likeness (QED) is 0.764. The average molecular weight is 389 g/mol. The molecule has 0 aliphatic carbocycles. The van der Waals surface area contributed by atoms with Crippen LogP contribution in [0.4, 0.5) is 23.5 Å². The van der Waals surface area contributed by atoms with Crippen molar-refractivity contribution in [3.8, 4) is 0 Å². The van der Waals surface area contributed by atoms with Crippen LogP contribution in [0, 0.1) is 5.82 Å². The van der Waals surface area contributed by atoms with Gasteiger partial charge in [-0.15, -0.1) is 0 Å². The number of likely N-dealkylation sites (tertiary alicyclic amines) is 1. The number of benzene rings is 1. The van der Waals surface area contributed by atoms with Gasteiger partial charge in [0.25, 0.3) is 0 Å². The van der Waals surface area contributed by atoms with Crippen LogP contribution in [0.15, 0.2) is 30.5 Å². The van der Waals surface area contributed by atoms with E-state index >= 15 is 0 Å². The van der Waals surface area contributed by atoms with E-state index in [0.29, 0.717) is 5.56 Å². The molecule has 1 aliphatic heterocycles. The smallest absolute Gasteiger partial charge is 0.352 e. The van der Waals surface area contributed by atoms with Crippen molar-refractivity contribution in [3.63, 3.8) is 0 Å². The Morgan fingerprint density at radius 2 is 1.92 bits per heavy atom. The summed E-state index contributed by atoms with van der Waals surface area (Å²) < 4.78 is 52.8. The van der Waals surface area contributed by atoms with Crippen molar-refractivity contribution in [2.45, 2.75) is 25.1 Å². The van der Waals surface area contributed by atoms with Crippen LogP contribution in [-0.2, 0) is 6.18 Å². The van der Waals surface area contributed by atoms with Crippen LogP contribution in [0.2, 0.25) is 5.02 Å². The van der Waals surface area contributed by atoms with E-state index in [4.69, 9.17) is 11.6 Å². The molecule has 1 N–H and O–H groups in total. The van der Waals surface area contributed by atoms with E-state index in [-0.39, 0.29) is 17.5 Å². The van der Waals surface area contributed by atoms with Gasteiger partial charge in [-0.1, -0.05) is 17.7 Å². The number of nitrogens with one attached hydrogen (secondary N) is 1. The van der Waals surface area contributed by atoms with Gasteiger partial charge in [0.2, 0.25) is 5.95 Å². The first kappa shape index (κ1) is 18.8. The third kappa shape index (κ3) is 4.24. The van der Waals surface area contributed by atoms with Crippen molar-refractivity contribution in [1.29, 1.82) is 0 Å². The molecule has 1 atom stereocenters. The zero-order valence-electron chi connectivity index (χ0n) is 13.7. The lowest BCUT2D eigenvalue weighted by atomic mass is 10.0. The van der Waals surface area contributed by atoms with Crippen LogP contribution in [0.25, 0.3) is 0 Å². The second kappa shape index (κ2) is 7.75. The van der Waals surface area contributed by atoms with Crippen molar-refractivity contribution in [2.24, 2.45) is 0 Å². The number of nitrogens with zero attached hydrogens (tertiary/aromatic N) is 3. The molecule has 0 amide bonds. The van der Waals surface area contributed by atoms with Gasteiger partial charge in [0.05, 0.1) is 6.04 Å². The van der Waals surface area contributed by atoms with Gasteiger partial charge in [-0.3, -0.25) is 4.90 Å². The van der Waals surface area contributed by atoms with Gasteiger partial charge in [-0.05, 0) is 44.1 Å². The molecule has 2 heterocycles. The molecule has 140 valence electrons. The third-order valence-electron chi connectivity index (χ3n) is 4.31. The molecule has 26 heavy (non-hydrogen) atoms. The molecule has 1 aliphatic rings. The molecule has 1 unspecified atom stereocenters. The fourth-order valence-electron chi connectivity index (χ4n) is 3.09. The molecule has 2 aromatic rings. The maximum atomic E-state index is 14.4. The fraction of sp³-hybridized carbons (Fsp3) is 0.412. The van der Waals surface area contributed by atoms with Gasteiger partial charge >= 0.3 is 6.18 Å². The third-order valence-corrected chi connectivity index (χ3v) is 4.64. The number of rotatable bonds is 5. The van der Waals surface area contributed by atoms with E-state index in [1.54, 1.807) is 6.07 Å². The Balaban J connectivity index is 1.83. The maximum absolute atomic E-state index is 14.4. The first-order valence-corrected chi connectivity index (χ1v) is 8.56. The Kier molecular flexibility index (Phi) is 5.62. The minimum absolute atomic E-state index is 0.141. The number of halogens is 5. The summed E-state index contributed by atoms with van der Waals surface area (Å²) in [6, 6.07) is 4.82. The summed E-state index contributed by atoms with van der Waals surface area (Å²) >= 11 is 6.20. The van der Waals surface area contributed by atoms with Crippen LogP contribution in [0.1, 0.15) is 30.1 Å². The summed E-state index contributed by atoms with van der Waals surface area (Å²) in [5.74, 6) is -0.599. The first-order chi connectivity index (χ1) is 12.4. The van der Waals surface area contributed by atoms with Gasteiger partial charge in [-0.2, -0.15) is 13.2 Å². The van der Waals surface area contributed by atoms with Gasteiger partial charge in [-0.25, -0.2) is 14.4 Å². The van der Waals surface area contributed by atoms with E-state index in [9.17, 15) is 17.6 Å². The molecule has 1 fully saturated rings. The Labute approximate surface area is 153 Å². The predicted molar refractivity (Wildman–Crippen MR) is 90.5 cm³/mol. The highest BCUT2D eigenvalue weighted by atomic mass is 35.5. The Morgan fingerprint density at radius 3 is 2.58 bits per heavy atom. The lowest BCUT2D eigenvalue weighted by Crippen LogP contribution is -2.32. The number of anilines is 1. The number of alkyl halides is 3. The summed E-state index contributed by atoms with van der Waals surface area (Å²) in [5, 5.41) is 3.08. The lowest BCUT2D eigenvalue weighted by molar-refractivity contribution is -0.141. The Hall–Kier alpha value is -1.93. The maximum Gasteiger partial charge on any atom is 0.433 e. The highest BCUT2D eigenvalue weighted by molar-refractivity contribution is 6.31. The summed E-state index contributed by atoms with van der Waals surface area (Å²) in [6.07, 6.45) is -1.56. The van der Waals surface area contributed by atoms with Crippen molar-refractivity contribution in [1.82, 2.24) is 14.9 Å². The molecule has 0 saturated carbocycles. The molecule has 0 bridgehead atoms. The average Bonchev–Trinajstić information content (AvgIpc) is 3.11. The molecule has 9 heteroatoms. The second-order valence-corrected chi connectivity index (χ2v) is 6.45. The Bertz CT molecular complexity index is 742. The monoisotopic (exact) mass is 388 g/mol. The van der Waals surface area contributed by atoms with Gasteiger partial charge < -0.3 is 5.32 Å². The fourth-order valence-corrected chi connectivity index (χ4v) is 3.37. The van der Waals surface area contributed by atoms with E-state index in [2.05, 4.69) is 20.2 Å².